The van der Waals surface area contributed by atoms with Crippen LogP contribution in [0.2, 0.25) is 0 Å². The van der Waals surface area contributed by atoms with Gasteiger partial charge in [0.1, 0.15) is 0 Å². The molecule has 0 spiro atoms. The summed E-state index contributed by atoms with van der Waals surface area (Å²) in [5.74, 6) is 0.322. The van der Waals surface area contributed by atoms with E-state index in [1.807, 2.05) is 24.5 Å². The molecule has 16 heavy (non-hydrogen) atoms. The second-order valence-corrected chi connectivity index (χ2v) is 3.05. The van der Waals surface area contributed by atoms with Crippen molar-refractivity contribution in [2.75, 3.05) is 5.73 Å². The van der Waals surface area contributed by atoms with Crippen LogP contribution in [0.15, 0.2) is 49.2 Å². The molecule has 0 aliphatic rings. The summed E-state index contributed by atoms with van der Waals surface area (Å²) < 4.78 is 0. The maximum absolute atomic E-state index is 5.14. The summed E-state index contributed by atoms with van der Waals surface area (Å²) in [6.45, 7) is 0. The molecule has 3 heterocycles. The molecule has 0 atom stereocenters. The predicted octanol–water partition coefficient (Wildman–Crippen LogP) is 1.62. The van der Waals surface area contributed by atoms with Crippen LogP contribution in [0.5, 0.6) is 0 Å². The van der Waals surface area contributed by atoms with Crippen molar-refractivity contribution in [1.82, 2.24) is 19.9 Å². The van der Waals surface area contributed by atoms with Crippen LogP contribution < -0.4 is 5.73 Å². The van der Waals surface area contributed by atoms with Gasteiger partial charge in [-0.2, -0.15) is 0 Å². The molecule has 0 radical (unpaired) electrons. The minimum absolute atomic E-state index is 0.322. The molecular weight excluding hydrogens is 202 g/mol. The van der Waals surface area contributed by atoms with Crippen molar-refractivity contribution in [3.05, 3.63) is 49.2 Å². The first-order chi connectivity index (χ1) is 7.86. The van der Waals surface area contributed by atoms with Gasteiger partial charge in [0.05, 0.1) is 11.7 Å². The number of rotatable bonds is 0. The Morgan fingerprint density at radius 3 is 2.50 bits per heavy atom. The largest absolute Gasteiger partial charge is 0.368 e. The van der Waals surface area contributed by atoms with Gasteiger partial charge < -0.3 is 10.7 Å². The van der Waals surface area contributed by atoms with E-state index >= 15 is 0 Å². The van der Waals surface area contributed by atoms with E-state index < -0.39 is 0 Å². The molecule has 5 nitrogen and oxygen atoms in total. The van der Waals surface area contributed by atoms with E-state index in [-0.39, 0.29) is 0 Å². The maximum Gasteiger partial charge on any atom is 0.219 e. The van der Waals surface area contributed by atoms with Crippen LogP contribution in [-0.2, 0) is 0 Å². The molecule has 0 fully saturated rings. The number of pyridine rings is 1. The second kappa shape index (κ2) is 4.88. The molecule has 0 aliphatic carbocycles. The Kier molecular flexibility index (Phi) is 3.08. The summed E-state index contributed by atoms with van der Waals surface area (Å²) in [4.78, 5) is 14.3. The Morgan fingerprint density at radius 2 is 1.88 bits per heavy atom. The predicted molar refractivity (Wildman–Crippen MR) is 62.5 cm³/mol. The van der Waals surface area contributed by atoms with Crippen molar-refractivity contribution in [2.45, 2.75) is 0 Å². The van der Waals surface area contributed by atoms with E-state index in [9.17, 15) is 0 Å². The molecule has 3 aromatic rings. The van der Waals surface area contributed by atoms with Gasteiger partial charge in [-0.05, 0) is 18.2 Å². The van der Waals surface area contributed by atoms with Crippen molar-refractivity contribution in [1.29, 1.82) is 0 Å². The van der Waals surface area contributed by atoms with Crippen molar-refractivity contribution < 1.29 is 0 Å². The van der Waals surface area contributed by atoms with Crippen LogP contribution in [0.25, 0.3) is 10.9 Å². The Morgan fingerprint density at radius 1 is 1.06 bits per heavy atom. The third-order valence-electron chi connectivity index (χ3n) is 1.94. The lowest BCUT2D eigenvalue weighted by molar-refractivity contribution is 1.19. The van der Waals surface area contributed by atoms with Crippen molar-refractivity contribution in [2.24, 2.45) is 0 Å². The highest BCUT2D eigenvalue weighted by Gasteiger charge is 1.87. The topological polar surface area (TPSA) is 80.5 Å². The van der Waals surface area contributed by atoms with Crippen LogP contribution in [-0.4, -0.2) is 19.9 Å². The number of aromatic amines is 1. The molecule has 3 aromatic heterocycles. The van der Waals surface area contributed by atoms with E-state index in [1.54, 1.807) is 24.7 Å². The summed E-state index contributed by atoms with van der Waals surface area (Å²) >= 11 is 0. The highest BCUT2D eigenvalue weighted by atomic mass is 15.0. The van der Waals surface area contributed by atoms with Gasteiger partial charge in [-0.25, -0.2) is 9.97 Å². The van der Waals surface area contributed by atoms with Gasteiger partial charge in [-0.3, -0.25) is 4.98 Å². The monoisotopic (exact) mass is 213 g/mol. The Balaban J connectivity index is 0.000000125. The minimum atomic E-state index is 0.322. The van der Waals surface area contributed by atoms with Gasteiger partial charge in [0.15, 0.2) is 0 Å². The highest BCUT2D eigenvalue weighted by molar-refractivity contribution is 5.77. The van der Waals surface area contributed by atoms with Gasteiger partial charge in [-0.15, -0.1) is 0 Å². The number of nitrogen functional groups attached to an aromatic ring is 1. The molecule has 0 saturated heterocycles. The molecule has 0 saturated carbocycles. The third kappa shape index (κ3) is 2.54. The molecule has 80 valence electrons. The van der Waals surface area contributed by atoms with E-state index in [4.69, 9.17) is 5.73 Å². The summed E-state index contributed by atoms with van der Waals surface area (Å²) in [6.07, 6.45) is 8.71. The zero-order valence-corrected chi connectivity index (χ0v) is 8.54. The van der Waals surface area contributed by atoms with E-state index in [0.29, 0.717) is 5.95 Å². The van der Waals surface area contributed by atoms with Gasteiger partial charge in [0.2, 0.25) is 5.95 Å². The van der Waals surface area contributed by atoms with Crippen molar-refractivity contribution in [3.8, 4) is 0 Å². The molecule has 0 bridgehead atoms. The zero-order chi connectivity index (χ0) is 11.2. The number of nitrogens with one attached hydrogen (secondary N) is 1. The summed E-state index contributed by atoms with van der Waals surface area (Å²) in [5.41, 5.74) is 6.23. The standard InChI is InChI=1S/C7H6N2.C4H5N3/c1-3-8-5-7-6(1)2-4-9-7;5-4-6-2-1-3-7-4/h1-5,9H;1-3H,(H2,5,6,7). The number of hydrogen-bond donors (Lipinski definition) is 2. The normalized spacial score (nSPS) is 9.50. The molecule has 0 unspecified atom stereocenters. The molecule has 5 heteroatoms. The lowest BCUT2D eigenvalue weighted by Crippen LogP contribution is -1.90. The summed E-state index contributed by atoms with van der Waals surface area (Å²) in [5, 5.41) is 1.21. The SMILES string of the molecule is Nc1ncccn1.c1cc2cc[nH]c2cn1. The fourth-order valence-electron chi connectivity index (χ4n) is 1.20. The minimum Gasteiger partial charge on any atom is -0.368 e. The van der Waals surface area contributed by atoms with Crippen LogP contribution in [0.4, 0.5) is 5.95 Å². The molecule has 0 amide bonds. The van der Waals surface area contributed by atoms with Crippen LogP contribution in [0.1, 0.15) is 0 Å². The van der Waals surface area contributed by atoms with E-state index in [0.717, 1.165) is 5.52 Å². The quantitative estimate of drug-likeness (QED) is 0.594. The van der Waals surface area contributed by atoms with E-state index in [1.165, 1.54) is 5.39 Å². The van der Waals surface area contributed by atoms with Crippen molar-refractivity contribution >= 4 is 16.9 Å². The Labute approximate surface area is 92.4 Å². The van der Waals surface area contributed by atoms with Crippen LogP contribution in [0, 0.1) is 0 Å². The van der Waals surface area contributed by atoms with Crippen LogP contribution >= 0.6 is 0 Å². The molecule has 0 aromatic carbocycles. The van der Waals surface area contributed by atoms with Gasteiger partial charge >= 0.3 is 0 Å². The number of aromatic nitrogens is 4. The lowest BCUT2D eigenvalue weighted by atomic mass is 10.3. The molecular formula is C11H11N5. The maximum atomic E-state index is 5.14. The average molecular weight is 213 g/mol. The first kappa shape index (κ1) is 10.1. The van der Waals surface area contributed by atoms with Crippen LogP contribution in [0.3, 0.4) is 0 Å². The lowest BCUT2D eigenvalue weighted by Gasteiger charge is -1.82. The van der Waals surface area contributed by atoms with Gasteiger partial charge in [0, 0.05) is 30.2 Å². The first-order valence-electron chi connectivity index (χ1n) is 4.76. The first-order valence-corrected chi connectivity index (χ1v) is 4.76. The average Bonchev–Trinajstić information content (AvgIpc) is 2.79. The molecule has 3 rings (SSSR count). The van der Waals surface area contributed by atoms with Crippen molar-refractivity contribution in [3.63, 3.8) is 0 Å². The second-order valence-electron chi connectivity index (χ2n) is 3.05. The van der Waals surface area contributed by atoms with Gasteiger partial charge in [-0.1, -0.05) is 0 Å². The zero-order valence-electron chi connectivity index (χ0n) is 8.54. The highest BCUT2D eigenvalue weighted by Crippen LogP contribution is 2.07. The van der Waals surface area contributed by atoms with Gasteiger partial charge in [0.25, 0.3) is 0 Å². The molecule has 3 N–H and O–H groups in total. The number of anilines is 1. The number of nitrogens with two attached hydrogens (primary N) is 1. The number of H-pyrrole nitrogens is 1. The summed E-state index contributed by atoms with van der Waals surface area (Å²) in [6, 6.07) is 5.72. The fraction of sp³-hybridized carbons (Fsp3) is 0. The smallest absolute Gasteiger partial charge is 0.219 e. The number of hydrogen-bond acceptors (Lipinski definition) is 4. The number of nitrogens with zero attached hydrogens (tertiary/aromatic N) is 3. The number of fused-ring (bicyclic) bond motifs is 1. The Bertz CT molecular complexity index is 516. The summed E-state index contributed by atoms with van der Waals surface area (Å²) in [7, 11) is 0. The van der Waals surface area contributed by atoms with E-state index in [2.05, 4.69) is 19.9 Å². The third-order valence-corrected chi connectivity index (χ3v) is 1.94. The fourth-order valence-corrected chi connectivity index (χ4v) is 1.20. The molecule has 0 aliphatic heterocycles. The Hall–Kier alpha value is -2.43.